The van der Waals surface area contributed by atoms with Gasteiger partial charge in [-0.15, -0.1) is 11.3 Å². The molecule has 0 aliphatic heterocycles. The van der Waals surface area contributed by atoms with E-state index < -0.39 is 0 Å². The van der Waals surface area contributed by atoms with Gasteiger partial charge in [-0.05, 0) is 66.7 Å². The van der Waals surface area contributed by atoms with Gasteiger partial charge >= 0.3 is 0 Å². The van der Waals surface area contributed by atoms with E-state index in [2.05, 4.69) is 51.3 Å². The first-order chi connectivity index (χ1) is 10.5. The molecule has 1 aromatic heterocycles. The number of nitrogens with zero attached hydrogens (tertiary/aromatic N) is 2. The number of carbonyl (C=O) groups is 1. The van der Waals surface area contributed by atoms with E-state index in [1.165, 1.54) is 3.57 Å². The number of carbonyl (C=O) groups excluding carboxylic acids is 1. The number of rotatable bonds is 6. The van der Waals surface area contributed by atoms with Crippen LogP contribution >= 0.6 is 33.9 Å². The molecule has 0 unspecified atom stereocenters. The van der Waals surface area contributed by atoms with Crippen LogP contribution in [0, 0.1) is 10.5 Å². The predicted octanol–water partition coefficient (Wildman–Crippen LogP) is 3.69. The van der Waals surface area contributed by atoms with Crippen molar-refractivity contribution in [3.05, 3.63) is 43.4 Å². The summed E-state index contributed by atoms with van der Waals surface area (Å²) in [7, 11) is 1.94. The largest absolute Gasteiger partial charge is 0.325 e. The standard InChI is InChI=1S/C16H20IN3OS/c1-4-16-18-13(10-22-16)8-20(3)9-15(21)19-14-6-5-12(17)7-11(14)2/h5-7,10H,4,8-9H2,1-3H3,(H,19,21). The Kier molecular flexibility index (Phi) is 6.34. The number of anilines is 1. The SMILES string of the molecule is CCc1nc(CN(C)CC(=O)Nc2ccc(I)cc2C)cs1. The van der Waals surface area contributed by atoms with Crippen molar-refractivity contribution in [3.8, 4) is 0 Å². The highest BCUT2D eigenvalue weighted by molar-refractivity contribution is 14.1. The van der Waals surface area contributed by atoms with Gasteiger partial charge in [-0.3, -0.25) is 9.69 Å². The van der Waals surface area contributed by atoms with E-state index in [0.717, 1.165) is 28.4 Å². The minimum Gasteiger partial charge on any atom is -0.325 e. The van der Waals surface area contributed by atoms with Gasteiger partial charge in [0.05, 0.1) is 17.2 Å². The fourth-order valence-electron chi connectivity index (χ4n) is 2.12. The smallest absolute Gasteiger partial charge is 0.238 e. The van der Waals surface area contributed by atoms with Crippen LogP contribution in [0.2, 0.25) is 0 Å². The highest BCUT2D eigenvalue weighted by atomic mass is 127. The molecule has 2 rings (SSSR count). The van der Waals surface area contributed by atoms with E-state index in [4.69, 9.17) is 0 Å². The summed E-state index contributed by atoms with van der Waals surface area (Å²) in [4.78, 5) is 18.6. The van der Waals surface area contributed by atoms with Gasteiger partial charge in [-0.2, -0.15) is 0 Å². The van der Waals surface area contributed by atoms with Crippen molar-refractivity contribution >= 4 is 45.5 Å². The average Bonchev–Trinajstić information content (AvgIpc) is 2.89. The van der Waals surface area contributed by atoms with Crippen molar-refractivity contribution in [2.45, 2.75) is 26.8 Å². The van der Waals surface area contributed by atoms with E-state index in [1.54, 1.807) is 11.3 Å². The number of hydrogen-bond acceptors (Lipinski definition) is 4. The van der Waals surface area contributed by atoms with Crippen molar-refractivity contribution < 1.29 is 4.79 Å². The molecule has 22 heavy (non-hydrogen) atoms. The third kappa shape index (κ3) is 5.03. The van der Waals surface area contributed by atoms with Crippen LogP contribution in [0.5, 0.6) is 0 Å². The molecule has 1 heterocycles. The highest BCUT2D eigenvalue weighted by Crippen LogP contribution is 2.17. The van der Waals surface area contributed by atoms with Crippen LogP contribution in [0.1, 0.15) is 23.2 Å². The molecule has 0 radical (unpaired) electrons. The van der Waals surface area contributed by atoms with E-state index in [9.17, 15) is 4.79 Å². The van der Waals surface area contributed by atoms with Crippen molar-refractivity contribution in [2.75, 3.05) is 18.9 Å². The molecule has 6 heteroatoms. The van der Waals surface area contributed by atoms with Crippen LogP contribution < -0.4 is 5.32 Å². The Bertz CT molecular complexity index is 657. The maximum absolute atomic E-state index is 12.1. The topological polar surface area (TPSA) is 45.2 Å². The Hall–Kier alpha value is -0.990. The number of aromatic nitrogens is 1. The third-order valence-electron chi connectivity index (χ3n) is 3.21. The molecule has 1 N–H and O–H groups in total. The molecule has 0 spiro atoms. The molecule has 4 nitrogen and oxygen atoms in total. The quantitative estimate of drug-likeness (QED) is 0.713. The van der Waals surface area contributed by atoms with E-state index in [-0.39, 0.29) is 5.91 Å². The summed E-state index contributed by atoms with van der Waals surface area (Å²) in [6.45, 7) is 5.15. The molecule has 0 bridgehead atoms. The minimum absolute atomic E-state index is 0.00208. The molecular formula is C16H20IN3OS. The second-order valence-corrected chi connectivity index (χ2v) is 7.45. The lowest BCUT2D eigenvalue weighted by atomic mass is 10.2. The van der Waals surface area contributed by atoms with Crippen molar-refractivity contribution in [3.63, 3.8) is 0 Å². The summed E-state index contributed by atoms with van der Waals surface area (Å²) in [6.07, 6.45) is 0.959. The number of likely N-dealkylation sites (N-methyl/N-ethyl adjacent to an activating group) is 1. The third-order valence-corrected chi connectivity index (χ3v) is 4.92. The second kappa shape index (κ2) is 8.03. The van der Waals surface area contributed by atoms with Gasteiger partial charge < -0.3 is 5.32 Å². The monoisotopic (exact) mass is 429 g/mol. The molecule has 0 saturated carbocycles. The Morgan fingerprint density at radius 2 is 2.23 bits per heavy atom. The number of aryl methyl sites for hydroxylation is 2. The molecule has 118 valence electrons. The molecule has 1 aromatic carbocycles. The van der Waals surface area contributed by atoms with Crippen molar-refractivity contribution in [1.82, 2.24) is 9.88 Å². The van der Waals surface area contributed by atoms with Crippen LogP contribution in [0.3, 0.4) is 0 Å². The Labute approximate surface area is 149 Å². The second-order valence-electron chi connectivity index (χ2n) is 5.27. The zero-order valence-electron chi connectivity index (χ0n) is 13.0. The lowest BCUT2D eigenvalue weighted by molar-refractivity contribution is -0.117. The summed E-state index contributed by atoms with van der Waals surface area (Å²) < 4.78 is 1.17. The molecule has 2 aromatic rings. The van der Waals surface area contributed by atoms with Crippen LogP contribution in [0.15, 0.2) is 23.6 Å². The number of benzene rings is 1. The van der Waals surface area contributed by atoms with E-state index in [1.807, 2.05) is 31.0 Å². The van der Waals surface area contributed by atoms with Crippen LogP contribution in [0.4, 0.5) is 5.69 Å². The predicted molar refractivity (Wildman–Crippen MR) is 100 cm³/mol. The first-order valence-electron chi connectivity index (χ1n) is 7.15. The fraction of sp³-hybridized carbons (Fsp3) is 0.375. The first-order valence-corrected chi connectivity index (χ1v) is 9.11. The molecule has 1 amide bonds. The minimum atomic E-state index is -0.00208. The zero-order chi connectivity index (χ0) is 16.1. The van der Waals surface area contributed by atoms with Gasteiger partial charge in [0.1, 0.15) is 0 Å². The summed E-state index contributed by atoms with van der Waals surface area (Å²) in [6, 6.07) is 6.00. The van der Waals surface area contributed by atoms with Crippen LogP contribution in [0.25, 0.3) is 0 Å². The lowest BCUT2D eigenvalue weighted by Gasteiger charge is -2.15. The molecule has 0 aliphatic rings. The maximum Gasteiger partial charge on any atom is 0.238 e. The summed E-state index contributed by atoms with van der Waals surface area (Å²) in [5.74, 6) is -0.00208. The highest BCUT2D eigenvalue weighted by Gasteiger charge is 2.10. The maximum atomic E-state index is 12.1. The van der Waals surface area contributed by atoms with Gasteiger partial charge in [-0.25, -0.2) is 4.98 Å². The van der Waals surface area contributed by atoms with Gasteiger partial charge in [0, 0.05) is 21.2 Å². The molecular weight excluding hydrogens is 409 g/mol. The average molecular weight is 429 g/mol. The Balaban J connectivity index is 1.88. The van der Waals surface area contributed by atoms with Crippen molar-refractivity contribution in [1.29, 1.82) is 0 Å². The van der Waals surface area contributed by atoms with Crippen LogP contribution in [-0.2, 0) is 17.8 Å². The number of hydrogen-bond donors (Lipinski definition) is 1. The Morgan fingerprint density at radius 3 is 2.86 bits per heavy atom. The molecule has 0 aliphatic carbocycles. The number of thiazole rings is 1. The number of amides is 1. The normalized spacial score (nSPS) is 11.0. The lowest BCUT2D eigenvalue weighted by Crippen LogP contribution is -2.30. The molecule has 0 saturated heterocycles. The van der Waals surface area contributed by atoms with Crippen molar-refractivity contribution in [2.24, 2.45) is 0 Å². The number of nitrogens with one attached hydrogen (secondary N) is 1. The summed E-state index contributed by atoms with van der Waals surface area (Å²) in [5.41, 5.74) is 2.98. The van der Waals surface area contributed by atoms with Gasteiger partial charge in [-0.1, -0.05) is 6.92 Å². The molecule has 0 atom stereocenters. The first kappa shape index (κ1) is 17.4. The van der Waals surface area contributed by atoms with Gasteiger partial charge in [0.15, 0.2) is 0 Å². The number of halogens is 1. The van der Waals surface area contributed by atoms with Gasteiger partial charge in [0.2, 0.25) is 5.91 Å². The van der Waals surface area contributed by atoms with E-state index in [0.29, 0.717) is 13.1 Å². The molecule has 0 fully saturated rings. The fourth-order valence-corrected chi connectivity index (χ4v) is 3.50. The summed E-state index contributed by atoms with van der Waals surface area (Å²) in [5, 5.41) is 6.18. The zero-order valence-corrected chi connectivity index (χ0v) is 16.0. The van der Waals surface area contributed by atoms with Gasteiger partial charge in [0.25, 0.3) is 0 Å². The summed E-state index contributed by atoms with van der Waals surface area (Å²) >= 11 is 3.94. The van der Waals surface area contributed by atoms with E-state index >= 15 is 0 Å². The van der Waals surface area contributed by atoms with Crippen LogP contribution in [-0.4, -0.2) is 29.4 Å². The Morgan fingerprint density at radius 1 is 1.45 bits per heavy atom.